The Morgan fingerprint density at radius 1 is 1.30 bits per heavy atom. The highest BCUT2D eigenvalue weighted by molar-refractivity contribution is 7.14. The Hall–Kier alpha value is -2.77. The Morgan fingerprint density at radius 3 is 2.93 bits per heavy atom. The monoisotopic (exact) mass is 381 g/mol. The molecule has 0 radical (unpaired) electrons. The van der Waals surface area contributed by atoms with Crippen molar-refractivity contribution in [2.24, 2.45) is 0 Å². The van der Waals surface area contributed by atoms with Crippen LogP contribution >= 0.6 is 11.3 Å². The van der Waals surface area contributed by atoms with E-state index in [4.69, 9.17) is 9.26 Å². The number of carbonyl (C=O) groups excluding carboxylic acids is 1. The number of aromatic nitrogens is 2. The Morgan fingerprint density at radius 2 is 2.15 bits per heavy atom. The lowest BCUT2D eigenvalue weighted by molar-refractivity contribution is 0.0934. The molecule has 1 atom stereocenters. The van der Waals surface area contributed by atoms with Crippen molar-refractivity contribution in [1.29, 1.82) is 0 Å². The molecule has 3 aromatic rings. The third kappa shape index (κ3) is 3.99. The third-order valence-electron chi connectivity index (χ3n) is 4.36. The van der Waals surface area contributed by atoms with Crippen molar-refractivity contribution >= 4 is 29.4 Å². The van der Waals surface area contributed by atoms with Crippen molar-refractivity contribution in [1.82, 2.24) is 15.5 Å². The molecule has 7 heteroatoms. The molecule has 0 unspecified atom stereocenters. The average molecular weight is 381 g/mol. The summed E-state index contributed by atoms with van der Waals surface area (Å²) in [6.07, 6.45) is 6.27. The van der Waals surface area contributed by atoms with Crippen LogP contribution in [0.1, 0.15) is 32.4 Å². The fourth-order valence-electron chi connectivity index (χ4n) is 2.91. The van der Waals surface area contributed by atoms with Crippen LogP contribution in [0.4, 0.5) is 0 Å². The molecule has 1 saturated heterocycles. The Labute approximate surface area is 160 Å². The molecule has 4 rings (SSSR count). The third-order valence-corrected chi connectivity index (χ3v) is 5.32. The van der Waals surface area contributed by atoms with Crippen LogP contribution in [0.25, 0.3) is 23.4 Å². The summed E-state index contributed by atoms with van der Waals surface area (Å²) < 4.78 is 10.6. The SMILES string of the molecule is Cc1onc(-c2ccccc2)c1C=Cc1ncc(C(=O)N[C@H]2CCOC2)s1. The minimum Gasteiger partial charge on any atom is -0.379 e. The van der Waals surface area contributed by atoms with E-state index in [1.165, 1.54) is 11.3 Å². The van der Waals surface area contributed by atoms with Crippen LogP contribution in [-0.2, 0) is 4.74 Å². The zero-order chi connectivity index (χ0) is 18.6. The molecule has 0 aliphatic carbocycles. The first-order valence-corrected chi connectivity index (χ1v) is 9.56. The summed E-state index contributed by atoms with van der Waals surface area (Å²) in [4.78, 5) is 17.2. The van der Waals surface area contributed by atoms with E-state index in [1.54, 1.807) is 6.20 Å². The number of benzene rings is 1. The van der Waals surface area contributed by atoms with Gasteiger partial charge >= 0.3 is 0 Å². The number of rotatable bonds is 5. The highest BCUT2D eigenvalue weighted by Gasteiger charge is 2.19. The van der Waals surface area contributed by atoms with Crippen LogP contribution in [0.15, 0.2) is 41.1 Å². The van der Waals surface area contributed by atoms with Crippen molar-refractivity contribution in [2.75, 3.05) is 13.2 Å². The summed E-state index contributed by atoms with van der Waals surface area (Å²) >= 11 is 1.35. The second-order valence-corrected chi connectivity index (χ2v) is 7.36. The predicted octanol–water partition coefficient (Wildman–Crippen LogP) is 3.80. The largest absolute Gasteiger partial charge is 0.379 e. The lowest BCUT2D eigenvalue weighted by Crippen LogP contribution is -2.34. The molecule has 6 nitrogen and oxygen atoms in total. The fraction of sp³-hybridized carbons (Fsp3) is 0.250. The number of amides is 1. The van der Waals surface area contributed by atoms with Gasteiger partial charge in [0.05, 0.1) is 18.8 Å². The number of ether oxygens (including phenoxy) is 1. The van der Waals surface area contributed by atoms with Gasteiger partial charge in [0.25, 0.3) is 5.91 Å². The summed E-state index contributed by atoms with van der Waals surface area (Å²) in [6, 6.07) is 9.97. The molecule has 2 aromatic heterocycles. The van der Waals surface area contributed by atoms with Crippen molar-refractivity contribution in [2.45, 2.75) is 19.4 Å². The van der Waals surface area contributed by atoms with E-state index in [-0.39, 0.29) is 11.9 Å². The molecule has 0 spiro atoms. The molecule has 1 amide bonds. The summed E-state index contributed by atoms with van der Waals surface area (Å²) in [5.41, 5.74) is 2.69. The molecular weight excluding hydrogens is 362 g/mol. The standard InChI is InChI=1S/C20H19N3O3S/c1-13-16(19(23-26-13)14-5-3-2-4-6-14)7-8-18-21-11-17(27-18)20(24)22-15-9-10-25-12-15/h2-8,11,15H,9-10,12H2,1H3,(H,22,24)/t15-/m0/s1. The second kappa shape index (κ2) is 7.85. The Kier molecular flexibility index (Phi) is 5.13. The molecule has 1 N–H and O–H groups in total. The van der Waals surface area contributed by atoms with E-state index in [2.05, 4.69) is 15.5 Å². The first-order chi connectivity index (χ1) is 13.2. The van der Waals surface area contributed by atoms with Crippen LogP contribution in [-0.4, -0.2) is 35.3 Å². The summed E-state index contributed by atoms with van der Waals surface area (Å²) in [5.74, 6) is 0.634. The van der Waals surface area contributed by atoms with Crippen LogP contribution in [0, 0.1) is 6.92 Å². The molecule has 1 aromatic carbocycles. The van der Waals surface area contributed by atoms with Gasteiger partial charge in [-0.25, -0.2) is 4.98 Å². The zero-order valence-corrected chi connectivity index (χ0v) is 15.7. The normalized spacial score (nSPS) is 16.9. The minimum atomic E-state index is -0.103. The van der Waals surface area contributed by atoms with Gasteiger partial charge in [-0.05, 0) is 25.5 Å². The first-order valence-electron chi connectivity index (χ1n) is 8.75. The van der Waals surface area contributed by atoms with Crippen molar-refractivity contribution in [3.05, 3.63) is 57.7 Å². The van der Waals surface area contributed by atoms with E-state index in [0.717, 1.165) is 34.0 Å². The van der Waals surface area contributed by atoms with Crippen LogP contribution < -0.4 is 5.32 Å². The van der Waals surface area contributed by atoms with E-state index in [9.17, 15) is 4.79 Å². The van der Waals surface area contributed by atoms with Gasteiger partial charge < -0.3 is 14.6 Å². The lowest BCUT2D eigenvalue weighted by Gasteiger charge is -2.08. The number of hydrogen-bond acceptors (Lipinski definition) is 6. The fourth-order valence-corrected chi connectivity index (χ4v) is 3.63. The molecule has 27 heavy (non-hydrogen) atoms. The van der Waals surface area contributed by atoms with Gasteiger partial charge in [-0.2, -0.15) is 0 Å². The number of nitrogens with one attached hydrogen (secondary N) is 1. The number of aryl methyl sites for hydroxylation is 1. The molecule has 1 aliphatic heterocycles. The zero-order valence-electron chi connectivity index (χ0n) is 14.8. The molecule has 3 heterocycles. The smallest absolute Gasteiger partial charge is 0.263 e. The van der Waals surface area contributed by atoms with Gasteiger partial charge in [-0.3, -0.25) is 4.79 Å². The van der Waals surface area contributed by atoms with E-state index < -0.39 is 0 Å². The second-order valence-electron chi connectivity index (χ2n) is 6.30. The van der Waals surface area contributed by atoms with Gasteiger partial charge in [0, 0.05) is 17.7 Å². The van der Waals surface area contributed by atoms with Crippen molar-refractivity contribution < 1.29 is 14.1 Å². The summed E-state index contributed by atoms with van der Waals surface area (Å²) in [7, 11) is 0. The molecule has 138 valence electrons. The summed E-state index contributed by atoms with van der Waals surface area (Å²) in [5, 5.41) is 7.90. The van der Waals surface area contributed by atoms with Gasteiger partial charge in [0.2, 0.25) is 0 Å². The number of hydrogen-bond donors (Lipinski definition) is 1. The van der Waals surface area contributed by atoms with Gasteiger partial charge in [-0.1, -0.05) is 35.5 Å². The maximum absolute atomic E-state index is 12.3. The van der Waals surface area contributed by atoms with Crippen molar-refractivity contribution in [3.63, 3.8) is 0 Å². The van der Waals surface area contributed by atoms with Crippen LogP contribution in [0.2, 0.25) is 0 Å². The van der Waals surface area contributed by atoms with Crippen molar-refractivity contribution in [3.8, 4) is 11.3 Å². The molecule has 1 fully saturated rings. The Bertz CT molecular complexity index is 956. The maximum atomic E-state index is 12.3. The molecular formula is C20H19N3O3S. The first kappa shape index (κ1) is 17.6. The highest BCUT2D eigenvalue weighted by atomic mass is 32.1. The topological polar surface area (TPSA) is 77.2 Å². The van der Waals surface area contributed by atoms with Crippen LogP contribution in [0.5, 0.6) is 0 Å². The number of carbonyl (C=O) groups is 1. The molecule has 0 saturated carbocycles. The van der Waals surface area contributed by atoms with Gasteiger partial charge in [0.15, 0.2) is 0 Å². The average Bonchev–Trinajstić information content (AvgIpc) is 3.42. The van der Waals surface area contributed by atoms with E-state index in [0.29, 0.717) is 18.1 Å². The highest BCUT2D eigenvalue weighted by Crippen LogP contribution is 2.27. The maximum Gasteiger partial charge on any atom is 0.263 e. The minimum absolute atomic E-state index is 0.0895. The van der Waals surface area contributed by atoms with Gasteiger partial charge in [0.1, 0.15) is 21.3 Å². The predicted molar refractivity (Wildman–Crippen MR) is 104 cm³/mol. The van der Waals surface area contributed by atoms with E-state index in [1.807, 2.05) is 49.4 Å². The van der Waals surface area contributed by atoms with Gasteiger partial charge in [-0.15, -0.1) is 11.3 Å². The Balaban J connectivity index is 1.50. The lowest BCUT2D eigenvalue weighted by atomic mass is 10.1. The summed E-state index contributed by atoms with van der Waals surface area (Å²) in [6.45, 7) is 3.15. The van der Waals surface area contributed by atoms with Crippen LogP contribution in [0.3, 0.4) is 0 Å². The number of nitrogens with zero attached hydrogens (tertiary/aromatic N) is 2. The molecule has 1 aliphatic rings. The number of thiazole rings is 1. The van der Waals surface area contributed by atoms with E-state index >= 15 is 0 Å². The quantitative estimate of drug-likeness (QED) is 0.727. The molecule has 0 bridgehead atoms.